The Morgan fingerprint density at radius 3 is 2.66 bits per heavy atom. The third-order valence-corrected chi connectivity index (χ3v) is 4.71. The molecule has 0 saturated heterocycles. The van der Waals surface area contributed by atoms with Crippen LogP contribution < -0.4 is 5.56 Å². The molecular weight excluding hydrogens is 391 g/mol. The lowest BCUT2D eigenvalue weighted by atomic mass is 10.1. The van der Waals surface area contributed by atoms with E-state index in [9.17, 15) is 33.2 Å². The molecule has 29 heavy (non-hydrogen) atoms. The first-order valence-corrected chi connectivity index (χ1v) is 8.45. The van der Waals surface area contributed by atoms with Gasteiger partial charge < -0.3 is 5.11 Å². The fourth-order valence-corrected chi connectivity index (χ4v) is 3.31. The van der Waals surface area contributed by atoms with Gasteiger partial charge in [-0.1, -0.05) is 6.07 Å². The molecule has 0 spiro atoms. The smallest absolute Gasteiger partial charge is 0.416 e. The van der Waals surface area contributed by atoms with Gasteiger partial charge in [0.1, 0.15) is 5.82 Å². The predicted molar refractivity (Wildman–Crippen MR) is 98.3 cm³/mol. The molecule has 1 aromatic heterocycles. The minimum absolute atomic E-state index is 0.0689. The summed E-state index contributed by atoms with van der Waals surface area (Å²) in [7, 11) is 0. The normalized spacial score (nSPS) is 15.1. The van der Waals surface area contributed by atoms with Crippen molar-refractivity contribution in [3.8, 4) is 5.75 Å². The van der Waals surface area contributed by atoms with Gasteiger partial charge in [-0.25, -0.2) is 4.98 Å². The monoisotopic (exact) mass is 403 g/mol. The van der Waals surface area contributed by atoms with Crippen molar-refractivity contribution in [2.75, 3.05) is 0 Å². The van der Waals surface area contributed by atoms with Crippen molar-refractivity contribution in [1.29, 1.82) is 0 Å². The zero-order chi connectivity index (χ0) is 20.9. The predicted octanol–water partition coefficient (Wildman–Crippen LogP) is 3.97. The van der Waals surface area contributed by atoms with Crippen molar-refractivity contribution in [3.05, 3.63) is 73.8 Å². The minimum atomic E-state index is -4.56. The quantitative estimate of drug-likeness (QED) is 0.516. The third kappa shape index (κ3) is 3.22. The molecule has 0 amide bonds. The maximum Gasteiger partial charge on any atom is 0.416 e. The Kier molecular flexibility index (Phi) is 4.14. The Morgan fingerprint density at radius 2 is 1.97 bits per heavy atom. The number of hydrogen-bond acceptors (Lipinski definition) is 5. The number of phenolic OH excluding ortho intramolecular Hbond substituents is 1. The summed E-state index contributed by atoms with van der Waals surface area (Å²) in [6, 6.07) is 6.60. The van der Waals surface area contributed by atoms with Crippen LogP contribution in [0.1, 0.15) is 23.4 Å². The molecule has 1 aliphatic rings. The van der Waals surface area contributed by atoms with E-state index in [1.807, 2.05) is 0 Å². The van der Waals surface area contributed by atoms with Crippen LogP contribution in [-0.4, -0.2) is 19.6 Å². The highest BCUT2D eigenvalue weighted by molar-refractivity contribution is 5.85. The van der Waals surface area contributed by atoms with Gasteiger partial charge in [0.2, 0.25) is 0 Å². The highest BCUT2D eigenvalue weighted by Gasteiger charge is 2.31. The van der Waals surface area contributed by atoms with E-state index in [0.29, 0.717) is 24.1 Å². The Labute approximate surface area is 160 Å². The average Bonchev–Trinajstić information content (AvgIpc) is 3.05. The van der Waals surface area contributed by atoms with Crippen LogP contribution in [0.25, 0.3) is 22.6 Å². The number of benzene rings is 2. The molecule has 1 aliphatic heterocycles. The lowest BCUT2D eigenvalue weighted by Crippen LogP contribution is -2.21. The second-order valence-corrected chi connectivity index (χ2v) is 6.55. The van der Waals surface area contributed by atoms with Crippen LogP contribution in [0.5, 0.6) is 5.75 Å². The number of rotatable bonds is 2. The first-order chi connectivity index (χ1) is 13.6. The van der Waals surface area contributed by atoms with E-state index in [2.05, 4.69) is 4.98 Å². The minimum Gasteiger partial charge on any atom is -0.502 e. The third-order valence-electron chi connectivity index (χ3n) is 4.71. The zero-order valence-electron chi connectivity index (χ0n) is 14.6. The number of fused-ring (bicyclic) bond motifs is 2. The molecule has 1 N–H and O–H groups in total. The highest BCUT2D eigenvalue weighted by Crippen LogP contribution is 2.33. The van der Waals surface area contributed by atoms with Crippen LogP contribution in [0.4, 0.5) is 18.9 Å². The number of aromatic nitrogens is 2. The number of hydrogen-bond donors (Lipinski definition) is 1. The van der Waals surface area contributed by atoms with E-state index in [4.69, 9.17) is 0 Å². The fourth-order valence-electron chi connectivity index (χ4n) is 3.31. The SMILES string of the molecule is O=c1c2ccc(C(F)(F)F)cc2nc2n1CCC2=Cc1ccc(O)c([N+](=O)[O-])c1. The van der Waals surface area contributed by atoms with Crippen molar-refractivity contribution in [1.82, 2.24) is 9.55 Å². The van der Waals surface area contributed by atoms with E-state index in [1.54, 1.807) is 6.08 Å². The first kappa shape index (κ1) is 18.7. The molecule has 10 heteroatoms. The molecule has 0 saturated carbocycles. The summed E-state index contributed by atoms with van der Waals surface area (Å²) in [4.78, 5) is 27.2. The summed E-state index contributed by atoms with van der Waals surface area (Å²) < 4.78 is 40.3. The van der Waals surface area contributed by atoms with Crippen molar-refractivity contribution < 1.29 is 23.2 Å². The highest BCUT2D eigenvalue weighted by atomic mass is 19.4. The molecule has 0 aliphatic carbocycles. The van der Waals surface area contributed by atoms with Crippen molar-refractivity contribution in [2.24, 2.45) is 0 Å². The largest absolute Gasteiger partial charge is 0.502 e. The summed E-state index contributed by atoms with van der Waals surface area (Å²) in [5.74, 6) is -0.262. The van der Waals surface area contributed by atoms with Gasteiger partial charge in [0.25, 0.3) is 5.56 Å². The number of nitro benzene ring substituents is 1. The number of phenols is 1. The molecule has 0 unspecified atom stereocenters. The van der Waals surface area contributed by atoms with E-state index in [-0.39, 0.29) is 16.7 Å². The molecule has 3 aromatic rings. The van der Waals surface area contributed by atoms with Crippen molar-refractivity contribution in [2.45, 2.75) is 19.1 Å². The van der Waals surface area contributed by atoms with Gasteiger partial charge in [-0.3, -0.25) is 19.5 Å². The van der Waals surface area contributed by atoms with Crippen molar-refractivity contribution in [3.63, 3.8) is 0 Å². The van der Waals surface area contributed by atoms with Crippen LogP contribution in [0.2, 0.25) is 0 Å². The van der Waals surface area contributed by atoms with Gasteiger partial charge in [0.15, 0.2) is 5.75 Å². The first-order valence-electron chi connectivity index (χ1n) is 8.45. The maximum atomic E-state index is 13.0. The summed E-state index contributed by atoms with van der Waals surface area (Å²) >= 11 is 0. The second-order valence-electron chi connectivity index (χ2n) is 6.55. The van der Waals surface area contributed by atoms with Crippen LogP contribution in [0, 0.1) is 10.1 Å². The van der Waals surface area contributed by atoms with Gasteiger partial charge >= 0.3 is 11.9 Å². The molecule has 2 heterocycles. The number of nitrogens with zero attached hydrogens (tertiary/aromatic N) is 3. The summed E-state index contributed by atoms with van der Waals surface area (Å²) in [6.45, 7) is 0.296. The van der Waals surface area contributed by atoms with Gasteiger partial charge in [0.05, 0.1) is 21.4 Å². The molecular formula is C19H12F3N3O4. The van der Waals surface area contributed by atoms with Gasteiger partial charge in [0, 0.05) is 12.6 Å². The van der Waals surface area contributed by atoms with E-state index in [0.717, 1.165) is 18.2 Å². The van der Waals surface area contributed by atoms with E-state index < -0.39 is 33.7 Å². The van der Waals surface area contributed by atoms with Gasteiger partial charge in [-0.2, -0.15) is 13.2 Å². The van der Waals surface area contributed by atoms with Crippen LogP contribution in [0.3, 0.4) is 0 Å². The van der Waals surface area contributed by atoms with Crippen LogP contribution >= 0.6 is 0 Å². The summed E-state index contributed by atoms with van der Waals surface area (Å²) in [5.41, 5.74) is -0.937. The Morgan fingerprint density at radius 1 is 1.21 bits per heavy atom. The van der Waals surface area contributed by atoms with Gasteiger partial charge in [-0.05, 0) is 47.9 Å². The topological polar surface area (TPSA) is 98.3 Å². The van der Waals surface area contributed by atoms with Crippen LogP contribution in [0.15, 0.2) is 41.2 Å². The summed E-state index contributed by atoms with van der Waals surface area (Å²) in [5, 5.41) is 20.6. The number of alkyl halides is 3. The number of halogens is 3. The number of aromatic hydroxyl groups is 1. The molecule has 0 radical (unpaired) electrons. The summed E-state index contributed by atoms with van der Waals surface area (Å²) in [6.07, 6.45) is -2.61. The molecule has 0 fully saturated rings. The lowest BCUT2D eigenvalue weighted by Gasteiger charge is -2.09. The zero-order valence-corrected chi connectivity index (χ0v) is 14.6. The average molecular weight is 403 g/mol. The number of nitro groups is 1. The standard InChI is InChI=1S/C19H12F3N3O4/c20-19(21,22)12-2-3-13-14(9-12)23-17-11(5-6-24(17)18(13)27)7-10-1-4-16(26)15(8-10)25(28)29/h1-4,7-9,26H,5-6H2. The fraction of sp³-hybridized carbons (Fsp3) is 0.158. The molecule has 2 aromatic carbocycles. The van der Waals surface area contributed by atoms with E-state index >= 15 is 0 Å². The number of allylic oxidation sites excluding steroid dienone is 1. The van der Waals surface area contributed by atoms with E-state index in [1.165, 1.54) is 22.8 Å². The van der Waals surface area contributed by atoms with Crippen LogP contribution in [-0.2, 0) is 12.7 Å². The van der Waals surface area contributed by atoms with Gasteiger partial charge in [-0.15, -0.1) is 0 Å². The Hall–Kier alpha value is -3.69. The molecule has 0 bridgehead atoms. The Balaban J connectivity index is 1.86. The van der Waals surface area contributed by atoms with Crippen molar-refractivity contribution >= 4 is 28.2 Å². The molecule has 0 atom stereocenters. The Bertz CT molecular complexity index is 1260. The molecule has 7 nitrogen and oxygen atoms in total. The molecule has 4 rings (SSSR count). The lowest BCUT2D eigenvalue weighted by molar-refractivity contribution is -0.385. The maximum absolute atomic E-state index is 13.0. The molecule has 148 valence electrons. The second kappa shape index (κ2) is 6.43.